The number of amides is 3. The molecule has 6 nitrogen and oxygen atoms in total. The fourth-order valence-corrected chi connectivity index (χ4v) is 4.72. The standard InChI is InChI=1S/C27H25Cl2F6N3O3/c1-3-21(37(2)24(40)16-11-17(26(30,31)32)13-18(12-16)27(33,34)35)25(41)38(22-6-4-5-9-36-23(22)39)14-15-7-8-19(28)20(29)10-15/h3,7-8,10-13,21-22H,1,4-6,9,14H2,2H3,(H,36,39)/t21-,22-/m1/s1. The van der Waals surface area contributed by atoms with Crippen molar-refractivity contribution in [2.24, 2.45) is 0 Å². The van der Waals surface area contributed by atoms with E-state index in [1.54, 1.807) is 6.07 Å². The maximum atomic E-state index is 13.9. The van der Waals surface area contributed by atoms with Crippen LogP contribution in [0.3, 0.4) is 0 Å². The molecule has 1 saturated heterocycles. The summed E-state index contributed by atoms with van der Waals surface area (Å²) in [6, 6.07) is 2.47. The largest absolute Gasteiger partial charge is 0.416 e. The minimum atomic E-state index is -5.17. The zero-order chi connectivity index (χ0) is 30.7. The van der Waals surface area contributed by atoms with Crippen molar-refractivity contribution >= 4 is 40.9 Å². The first-order chi connectivity index (χ1) is 19.0. The predicted octanol–water partition coefficient (Wildman–Crippen LogP) is 6.36. The normalized spacial score (nSPS) is 16.8. The van der Waals surface area contributed by atoms with Crippen molar-refractivity contribution in [1.82, 2.24) is 15.1 Å². The van der Waals surface area contributed by atoms with E-state index in [0.717, 1.165) is 13.1 Å². The number of nitrogens with one attached hydrogen (secondary N) is 1. The van der Waals surface area contributed by atoms with Gasteiger partial charge in [0.15, 0.2) is 0 Å². The summed E-state index contributed by atoms with van der Waals surface area (Å²) < 4.78 is 80.2. The monoisotopic (exact) mass is 623 g/mol. The molecule has 1 aliphatic rings. The van der Waals surface area contributed by atoms with Crippen molar-refractivity contribution in [2.75, 3.05) is 13.6 Å². The van der Waals surface area contributed by atoms with E-state index in [0.29, 0.717) is 29.8 Å². The number of alkyl halides is 6. The summed E-state index contributed by atoms with van der Waals surface area (Å²) in [5.74, 6) is -2.58. The lowest BCUT2D eigenvalue weighted by Crippen LogP contribution is -2.54. The molecular formula is C27H25Cl2F6N3O3. The maximum Gasteiger partial charge on any atom is 0.416 e. The molecule has 0 unspecified atom stereocenters. The maximum absolute atomic E-state index is 13.9. The highest BCUT2D eigenvalue weighted by Crippen LogP contribution is 2.36. The minimum absolute atomic E-state index is 0.101. The number of halogens is 8. The van der Waals surface area contributed by atoms with Gasteiger partial charge in [-0.1, -0.05) is 35.3 Å². The van der Waals surface area contributed by atoms with Crippen molar-refractivity contribution in [3.63, 3.8) is 0 Å². The number of nitrogens with zero attached hydrogens (tertiary/aromatic N) is 2. The third-order valence-corrected chi connectivity index (χ3v) is 7.29. The van der Waals surface area contributed by atoms with Crippen LogP contribution in [-0.2, 0) is 28.5 Å². The summed E-state index contributed by atoms with van der Waals surface area (Å²) >= 11 is 12.1. The molecule has 0 radical (unpaired) electrons. The molecule has 3 amide bonds. The van der Waals surface area contributed by atoms with Crippen LogP contribution in [0, 0.1) is 0 Å². The number of rotatable bonds is 7. The van der Waals surface area contributed by atoms with Crippen LogP contribution < -0.4 is 5.32 Å². The first kappa shape index (κ1) is 32.3. The van der Waals surface area contributed by atoms with Crippen LogP contribution in [0.4, 0.5) is 26.3 Å². The van der Waals surface area contributed by atoms with Crippen molar-refractivity contribution in [1.29, 1.82) is 0 Å². The highest BCUT2D eigenvalue weighted by Gasteiger charge is 2.40. The topological polar surface area (TPSA) is 69.7 Å². The average molecular weight is 624 g/mol. The van der Waals surface area contributed by atoms with E-state index in [9.17, 15) is 40.7 Å². The smallest absolute Gasteiger partial charge is 0.354 e. The number of benzene rings is 2. The lowest BCUT2D eigenvalue weighted by molar-refractivity contribution is -0.143. The summed E-state index contributed by atoms with van der Waals surface area (Å²) in [5.41, 5.74) is -3.81. The second-order valence-electron chi connectivity index (χ2n) is 9.41. The zero-order valence-electron chi connectivity index (χ0n) is 21.6. The number of hydrogen-bond acceptors (Lipinski definition) is 3. The van der Waals surface area contributed by atoms with E-state index in [-0.39, 0.29) is 41.2 Å². The van der Waals surface area contributed by atoms with Gasteiger partial charge >= 0.3 is 12.4 Å². The Hall–Kier alpha value is -3.25. The molecular weight excluding hydrogens is 599 g/mol. The van der Waals surface area contributed by atoms with Gasteiger partial charge in [-0.2, -0.15) is 26.3 Å². The predicted molar refractivity (Wildman–Crippen MR) is 140 cm³/mol. The third-order valence-electron chi connectivity index (χ3n) is 6.55. The van der Waals surface area contributed by atoms with Crippen LogP contribution in [0.25, 0.3) is 0 Å². The van der Waals surface area contributed by atoms with Gasteiger partial charge in [-0.25, -0.2) is 0 Å². The highest BCUT2D eigenvalue weighted by atomic mass is 35.5. The summed E-state index contributed by atoms with van der Waals surface area (Å²) in [7, 11) is 1.05. The molecule has 1 N–H and O–H groups in total. The second-order valence-corrected chi connectivity index (χ2v) is 10.2. The van der Waals surface area contributed by atoms with E-state index in [1.807, 2.05) is 0 Å². The second kappa shape index (κ2) is 12.7. The van der Waals surface area contributed by atoms with Gasteiger partial charge in [0.1, 0.15) is 12.1 Å². The summed E-state index contributed by atoms with van der Waals surface area (Å²) in [4.78, 5) is 41.9. The van der Waals surface area contributed by atoms with Crippen LogP contribution in [0.5, 0.6) is 0 Å². The Bertz CT molecular complexity index is 1300. The number of hydrogen-bond donors (Lipinski definition) is 1. The fourth-order valence-electron chi connectivity index (χ4n) is 4.40. The van der Waals surface area contributed by atoms with Gasteiger partial charge in [0.05, 0.1) is 21.2 Å². The minimum Gasteiger partial charge on any atom is -0.354 e. The molecule has 1 aliphatic heterocycles. The first-order valence-corrected chi connectivity index (χ1v) is 13.0. The molecule has 0 spiro atoms. The summed E-state index contributed by atoms with van der Waals surface area (Å²) in [5, 5.41) is 3.14. The first-order valence-electron chi connectivity index (χ1n) is 12.3. The number of likely N-dealkylation sites (N-methyl/N-ethyl adjacent to an activating group) is 1. The Kier molecular flexibility index (Phi) is 10.0. The highest BCUT2D eigenvalue weighted by molar-refractivity contribution is 6.42. The Morgan fingerprint density at radius 2 is 1.63 bits per heavy atom. The van der Waals surface area contributed by atoms with Crippen molar-refractivity contribution in [2.45, 2.75) is 50.2 Å². The number of carbonyl (C=O) groups excluding carboxylic acids is 3. The van der Waals surface area contributed by atoms with Crippen LogP contribution in [-0.4, -0.2) is 53.2 Å². The summed E-state index contributed by atoms with van der Waals surface area (Å²) in [6.45, 7) is 3.76. The van der Waals surface area contributed by atoms with Crippen LogP contribution in [0.2, 0.25) is 10.0 Å². The Labute approximate surface area is 241 Å². The van der Waals surface area contributed by atoms with Gasteiger partial charge < -0.3 is 15.1 Å². The molecule has 3 rings (SSSR count). The molecule has 0 aromatic heterocycles. The molecule has 0 saturated carbocycles. The van der Waals surface area contributed by atoms with E-state index < -0.39 is 58.8 Å². The van der Waals surface area contributed by atoms with Crippen LogP contribution in [0.15, 0.2) is 49.1 Å². The van der Waals surface area contributed by atoms with E-state index in [4.69, 9.17) is 23.2 Å². The van der Waals surface area contributed by atoms with Gasteiger partial charge in [0.25, 0.3) is 5.91 Å². The van der Waals surface area contributed by atoms with Gasteiger partial charge in [0.2, 0.25) is 11.8 Å². The third kappa shape index (κ3) is 7.73. The lowest BCUT2D eigenvalue weighted by Gasteiger charge is -2.35. The average Bonchev–Trinajstić information content (AvgIpc) is 3.11. The zero-order valence-corrected chi connectivity index (χ0v) is 23.1. The summed E-state index contributed by atoms with van der Waals surface area (Å²) in [6.07, 6.45) is -7.83. The van der Waals surface area contributed by atoms with E-state index >= 15 is 0 Å². The van der Waals surface area contributed by atoms with Gasteiger partial charge in [-0.3, -0.25) is 14.4 Å². The quantitative estimate of drug-likeness (QED) is 0.288. The van der Waals surface area contributed by atoms with E-state index in [1.165, 1.54) is 17.0 Å². The molecule has 14 heteroatoms. The Balaban J connectivity index is 2.02. The van der Waals surface area contributed by atoms with Crippen molar-refractivity contribution in [3.8, 4) is 0 Å². The lowest BCUT2D eigenvalue weighted by atomic mass is 10.0. The van der Waals surface area contributed by atoms with Crippen molar-refractivity contribution in [3.05, 3.63) is 81.4 Å². The molecule has 222 valence electrons. The Morgan fingerprint density at radius 3 is 2.17 bits per heavy atom. The fraction of sp³-hybridized carbons (Fsp3) is 0.370. The molecule has 2 aromatic rings. The number of carbonyl (C=O) groups is 3. The molecule has 2 aromatic carbocycles. The van der Waals surface area contributed by atoms with Crippen molar-refractivity contribution < 1.29 is 40.7 Å². The molecule has 0 bridgehead atoms. The van der Waals surface area contributed by atoms with Gasteiger partial charge in [-0.05, 0) is 55.2 Å². The van der Waals surface area contributed by atoms with Gasteiger partial charge in [-0.15, -0.1) is 6.58 Å². The Morgan fingerprint density at radius 1 is 1.02 bits per heavy atom. The van der Waals surface area contributed by atoms with Gasteiger partial charge in [0, 0.05) is 25.7 Å². The molecule has 1 fully saturated rings. The molecule has 2 atom stereocenters. The molecule has 41 heavy (non-hydrogen) atoms. The van der Waals surface area contributed by atoms with Crippen LogP contribution >= 0.6 is 23.2 Å². The molecule has 0 aliphatic carbocycles. The van der Waals surface area contributed by atoms with E-state index in [2.05, 4.69) is 11.9 Å². The van der Waals surface area contributed by atoms with Crippen LogP contribution in [0.1, 0.15) is 46.3 Å². The molecule has 1 heterocycles. The SMILES string of the molecule is C=C[C@H](C(=O)N(Cc1ccc(Cl)c(Cl)c1)[C@@H]1CCCCNC1=O)N(C)C(=O)c1cc(C(F)(F)F)cc(C(F)(F)F)c1.